The zero-order valence-electron chi connectivity index (χ0n) is 8.02. The van der Waals surface area contributed by atoms with Gasteiger partial charge in [-0.1, -0.05) is 6.07 Å². The zero-order chi connectivity index (χ0) is 11.7. The maximum absolute atomic E-state index is 13.6. The molecule has 16 heavy (non-hydrogen) atoms. The molecule has 2 aromatic rings. The summed E-state index contributed by atoms with van der Waals surface area (Å²) in [7, 11) is 0. The van der Waals surface area contributed by atoms with Crippen LogP contribution in [0.25, 0.3) is 5.69 Å². The van der Waals surface area contributed by atoms with E-state index in [0.717, 1.165) is 0 Å². The van der Waals surface area contributed by atoms with E-state index >= 15 is 0 Å². The summed E-state index contributed by atoms with van der Waals surface area (Å²) in [6.07, 6.45) is 1.51. The first kappa shape index (κ1) is 10.9. The van der Waals surface area contributed by atoms with Gasteiger partial charge in [0.2, 0.25) is 0 Å². The zero-order valence-corrected chi connectivity index (χ0v) is 9.61. The second-order valence-corrected chi connectivity index (χ2v) is 3.99. The Labute approximate surface area is 99.3 Å². The summed E-state index contributed by atoms with van der Waals surface area (Å²) < 4.78 is 15.4. The standard InChI is InChI=1S/C11H7BrFNO2/c12-7-3-1-4-8(13)10(7)14-6-2-5-9(14)11(15)16/h1-6H,(H,15,16). The average Bonchev–Trinajstić information content (AvgIpc) is 2.66. The van der Waals surface area contributed by atoms with Gasteiger partial charge in [-0.15, -0.1) is 0 Å². The second-order valence-electron chi connectivity index (χ2n) is 3.14. The fourth-order valence-corrected chi connectivity index (χ4v) is 2.00. The Morgan fingerprint density at radius 3 is 2.69 bits per heavy atom. The molecule has 0 aliphatic rings. The Morgan fingerprint density at radius 2 is 2.06 bits per heavy atom. The number of carbonyl (C=O) groups is 1. The molecular formula is C11H7BrFNO2. The Morgan fingerprint density at radius 1 is 1.31 bits per heavy atom. The molecule has 1 heterocycles. The molecular weight excluding hydrogens is 277 g/mol. The fourth-order valence-electron chi connectivity index (χ4n) is 1.47. The molecule has 0 bridgehead atoms. The van der Waals surface area contributed by atoms with Gasteiger partial charge in [0.15, 0.2) is 0 Å². The van der Waals surface area contributed by atoms with Crippen LogP contribution in [0.2, 0.25) is 0 Å². The minimum absolute atomic E-state index is 0.0193. The highest BCUT2D eigenvalue weighted by Gasteiger charge is 2.15. The SMILES string of the molecule is O=C(O)c1cccn1-c1c(F)cccc1Br. The number of rotatable bonds is 2. The van der Waals surface area contributed by atoms with Crippen molar-refractivity contribution in [1.29, 1.82) is 0 Å². The molecule has 0 spiro atoms. The highest BCUT2D eigenvalue weighted by atomic mass is 79.9. The van der Waals surface area contributed by atoms with Gasteiger partial charge in [0, 0.05) is 10.7 Å². The Kier molecular flexibility index (Phi) is 2.78. The molecule has 0 saturated heterocycles. The van der Waals surface area contributed by atoms with Gasteiger partial charge >= 0.3 is 5.97 Å². The number of carboxylic acid groups (broad SMARTS) is 1. The van der Waals surface area contributed by atoms with E-state index in [0.29, 0.717) is 4.47 Å². The van der Waals surface area contributed by atoms with Crippen molar-refractivity contribution >= 4 is 21.9 Å². The van der Waals surface area contributed by atoms with E-state index < -0.39 is 11.8 Å². The van der Waals surface area contributed by atoms with Gasteiger partial charge in [-0.05, 0) is 40.2 Å². The highest BCUT2D eigenvalue weighted by Crippen LogP contribution is 2.25. The van der Waals surface area contributed by atoms with Gasteiger partial charge < -0.3 is 9.67 Å². The summed E-state index contributed by atoms with van der Waals surface area (Å²) >= 11 is 3.20. The molecule has 0 fully saturated rings. The molecule has 0 amide bonds. The fraction of sp³-hybridized carbons (Fsp3) is 0. The Balaban J connectivity index is 2.68. The van der Waals surface area contributed by atoms with E-state index in [4.69, 9.17) is 5.11 Å². The molecule has 1 aromatic carbocycles. The van der Waals surface area contributed by atoms with Gasteiger partial charge in [-0.25, -0.2) is 9.18 Å². The average molecular weight is 284 g/mol. The summed E-state index contributed by atoms with van der Waals surface area (Å²) in [6, 6.07) is 7.46. The van der Waals surface area contributed by atoms with Crippen LogP contribution < -0.4 is 0 Å². The predicted octanol–water partition coefficient (Wildman–Crippen LogP) is 3.08. The highest BCUT2D eigenvalue weighted by molar-refractivity contribution is 9.10. The van der Waals surface area contributed by atoms with Gasteiger partial charge in [-0.2, -0.15) is 0 Å². The van der Waals surface area contributed by atoms with Crippen molar-refractivity contribution in [2.75, 3.05) is 0 Å². The number of para-hydroxylation sites is 1. The van der Waals surface area contributed by atoms with Crippen molar-refractivity contribution in [3.05, 3.63) is 52.5 Å². The van der Waals surface area contributed by atoms with Gasteiger partial charge in [0.1, 0.15) is 11.5 Å². The van der Waals surface area contributed by atoms with E-state index in [-0.39, 0.29) is 11.4 Å². The van der Waals surface area contributed by atoms with Crippen LogP contribution in [0.1, 0.15) is 10.5 Å². The molecule has 3 nitrogen and oxygen atoms in total. The van der Waals surface area contributed by atoms with Gasteiger partial charge in [-0.3, -0.25) is 0 Å². The first-order valence-corrected chi connectivity index (χ1v) is 5.25. The van der Waals surface area contributed by atoms with Crippen LogP contribution in [0, 0.1) is 5.82 Å². The topological polar surface area (TPSA) is 42.2 Å². The smallest absolute Gasteiger partial charge is 0.352 e. The van der Waals surface area contributed by atoms with Gasteiger partial charge in [0.25, 0.3) is 0 Å². The third kappa shape index (κ3) is 1.74. The maximum atomic E-state index is 13.6. The summed E-state index contributed by atoms with van der Waals surface area (Å²) in [6.45, 7) is 0. The van der Waals surface area contributed by atoms with Crippen LogP contribution in [-0.2, 0) is 0 Å². The molecule has 0 unspecified atom stereocenters. The first-order chi connectivity index (χ1) is 7.61. The van der Waals surface area contributed by atoms with Crippen molar-refractivity contribution in [2.24, 2.45) is 0 Å². The molecule has 0 saturated carbocycles. The van der Waals surface area contributed by atoms with Crippen LogP contribution in [0.5, 0.6) is 0 Å². The lowest BCUT2D eigenvalue weighted by molar-refractivity contribution is 0.0688. The molecule has 0 atom stereocenters. The van der Waals surface area contributed by atoms with Crippen LogP contribution in [0.4, 0.5) is 4.39 Å². The number of carboxylic acids is 1. The molecule has 0 radical (unpaired) electrons. The van der Waals surface area contributed by atoms with Crippen molar-refractivity contribution in [3.63, 3.8) is 0 Å². The normalized spacial score (nSPS) is 10.4. The van der Waals surface area contributed by atoms with E-state index in [1.165, 1.54) is 22.9 Å². The summed E-state index contributed by atoms with van der Waals surface area (Å²) in [4.78, 5) is 10.9. The Hall–Kier alpha value is -1.62. The number of aromatic nitrogens is 1. The van der Waals surface area contributed by atoms with Crippen molar-refractivity contribution in [1.82, 2.24) is 4.57 Å². The summed E-state index contributed by atoms with van der Waals surface area (Å²) in [5, 5.41) is 8.94. The molecule has 1 aromatic heterocycles. The van der Waals surface area contributed by atoms with Crippen LogP contribution in [-0.4, -0.2) is 15.6 Å². The molecule has 0 aliphatic heterocycles. The predicted molar refractivity (Wildman–Crippen MR) is 60.4 cm³/mol. The second kappa shape index (κ2) is 4.09. The largest absolute Gasteiger partial charge is 0.477 e. The minimum atomic E-state index is -1.10. The number of hydrogen-bond acceptors (Lipinski definition) is 1. The monoisotopic (exact) mass is 283 g/mol. The maximum Gasteiger partial charge on any atom is 0.352 e. The number of hydrogen-bond donors (Lipinski definition) is 1. The lowest BCUT2D eigenvalue weighted by Crippen LogP contribution is -2.07. The van der Waals surface area contributed by atoms with Crippen LogP contribution in [0.15, 0.2) is 41.0 Å². The van der Waals surface area contributed by atoms with Crippen molar-refractivity contribution in [3.8, 4) is 5.69 Å². The van der Waals surface area contributed by atoms with Crippen LogP contribution in [0.3, 0.4) is 0 Å². The van der Waals surface area contributed by atoms with Gasteiger partial charge in [0.05, 0.1) is 5.69 Å². The molecule has 0 aliphatic carbocycles. The number of aromatic carboxylic acids is 1. The Bertz CT molecular complexity index is 530. The quantitative estimate of drug-likeness (QED) is 0.920. The molecule has 2 rings (SSSR count). The number of halogens is 2. The molecule has 5 heteroatoms. The lowest BCUT2D eigenvalue weighted by Gasteiger charge is -2.09. The summed E-state index contributed by atoms with van der Waals surface area (Å²) in [5.74, 6) is -1.58. The van der Waals surface area contributed by atoms with Crippen molar-refractivity contribution < 1.29 is 14.3 Å². The minimum Gasteiger partial charge on any atom is -0.477 e. The first-order valence-electron chi connectivity index (χ1n) is 4.46. The third-order valence-electron chi connectivity index (χ3n) is 2.15. The third-order valence-corrected chi connectivity index (χ3v) is 2.79. The number of nitrogens with zero attached hydrogens (tertiary/aromatic N) is 1. The number of benzene rings is 1. The van der Waals surface area contributed by atoms with E-state index in [9.17, 15) is 9.18 Å². The summed E-state index contributed by atoms with van der Waals surface area (Å²) in [5.41, 5.74) is 0.218. The van der Waals surface area contributed by atoms with E-state index in [2.05, 4.69) is 15.9 Å². The van der Waals surface area contributed by atoms with E-state index in [1.807, 2.05) is 0 Å². The molecule has 82 valence electrons. The lowest BCUT2D eigenvalue weighted by atomic mass is 10.3. The van der Waals surface area contributed by atoms with E-state index in [1.54, 1.807) is 18.2 Å². The van der Waals surface area contributed by atoms with Crippen molar-refractivity contribution in [2.45, 2.75) is 0 Å². The van der Waals surface area contributed by atoms with Crippen LogP contribution >= 0.6 is 15.9 Å². The molecule has 1 N–H and O–H groups in total.